The molecule has 0 fully saturated rings. The summed E-state index contributed by atoms with van der Waals surface area (Å²) in [4.78, 5) is 10.3. The summed E-state index contributed by atoms with van der Waals surface area (Å²) in [6.07, 6.45) is 0.440. The van der Waals surface area contributed by atoms with Crippen molar-refractivity contribution in [1.29, 1.82) is 5.26 Å². The summed E-state index contributed by atoms with van der Waals surface area (Å²) in [5, 5.41) is 17.6. The number of halogens is 1. The quantitative estimate of drug-likeness (QED) is 0.802. The van der Waals surface area contributed by atoms with Gasteiger partial charge >= 0.3 is 5.97 Å². The van der Waals surface area contributed by atoms with Crippen molar-refractivity contribution >= 4 is 17.6 Å². The first-order valence-corrected chi connectivity index (χ1v) is 5.06. The number of nitrogens with zero attached hydrogens (tertiary/aromatic N) is 1. The van der Waals surface area contributed by atoms with Gasteiger partial charge in [-0.15, -0.1) is 0 Å². The summed E-state index contributed by atoms with van der Waals surface area (Å²) in [7, 11) is 0. The zero-order valence-electron chi connectivity index (χ0n) is 8.44. The maximum Gasteiger partial charge on any atom is 0.303 e. The Hall–Kier alpha value is -1.73. The van der Waals surface area contributed by atoms with Crippen LogP contribution in [0.5, 0.6) is 5.75 Å². The Labute approximate surface area is 98.0 Å². The minimum atomic E-state index is -0.866. The Balaban J connectivity index is 2.58. The van der Waals surface area contributed by atoms with Crippen molar-refractivity contribution in [2.24, 2.45) is 0 Å². The molecule has 4 nitrogen and oxygen atoms in total. The van der Waals surface area contributed by atoms with Gasteiger partial charge in [-0.25, -0.2) is 0 Å². The summed E-state index contributed by atoms with van der Waals surface area (Å²) in [6.45, 7) is 0.251. The van der Waals surface area contributed by atoms with E-state index in [9.17, 15) is 4.79 Å². The number of nitriles is 1. The van der Waals surface area contributed by atoms with Gasteiger partial charge in [0.05, 0.1) is 11.6 Å². The molecule has 0 saturated heterocycles. The number of hydrogen-bond acceptors (Lipinski definition) is 3. The highest BCUT2D eigenvalue weighted by Crippen LogP contribution is 2.25. The van der Waals surface area contributed by atoms with Crippen molar-refractivity contribution in [3.63, 3.8) is 0 Å². The number of carboxylic acids is 1. The second-order valence-corrected chi connectivity index (χ2v) is 3.48. The van der Waals surface area contributed by atoms with Crippen LogP contribution in [-0.4, -0.2) is 17.7 Å². The van der Waals surface area contributed by atoms with Crippen LogP contribution in [0.2, 0.25) is 5.02 Å². The van der Waals surface area contributed by atoms with Crippen molar-refractivity contribution in [1.82, 2.24) is 0 Å². The average Bonchev–Trinajstić information content (AvgIpc) is 2.24. The molecule has 1 aromatic carbocycles. The first-order chi connectivity index (χ1) is 7.65. The standard InChI is InChI=1S/C11H10ClNO3/c12-9-3-1-4-10(8(9)7-13)16-6-2-5-11(14)15/h1,3-4H,2,5-6H2,(H,14,15). The van der Waals surface area contributed by atoms with Crippen molar-refractivity contribution in [3.05, 3.63) is 28.8 Å². The molecule has 0 aliphatic rings. The first kappa shape index (κ1) is 12.3. The zero-order valence-corrected chi connectivity index (χ0v) is 9.20. The number of carboxylic acid groups (broad SMARTS) is 1. The molecule has 0 atom stereocenters. The normalized spacial score (nSPS) is 9.50. The summed E-state index contributed by atoms with van der Waals surface area (Å²) in [6, 6.07) is 6.85. The van der Waals surface area contributed by atoms with E-state index in [0.29, 0.717) is 17.2 Å². The van der Waals surface area contributed by atoms with Crippen LogP contribution in [-0.2, 0) is 4.79 Å². The average molecular weight is 240 g/mol. The molecule has 1 rings (SSSR count). The monoisotopic (exact) mass is 239 g/mol. The fraction of sp³-hybridized carbons (Fsp3) is 0.273. The van der Waals surface area contributed by atoms with E-state index >= 15 is 0 Å². The second kappa shape index (κ2) is 5.99. The molecule has 0 aromatic heterocycles. The van der Waals surface area contributed by atoms with E-state index < -0.39 is 5.97 Å². The molecule has 0 bridgehead atoms. The molecule has 1 aromatic rings. The number of benzene rings is 1. The molecule has 0 radical (unpaired) electrons. The third kappa shape index (κ3) is 3.44. The minimum absolute atomic E-state index is 0.0441. The third-order valence-electron chi connectivity index (χ3n) is 1.88. The molecule has 1 N–H and O–H groups in total. The van der Waals surface area contributed by atoms with Crippen LogP contribution < -0.4 is 4.74 Å². The molecule has 0 heterocycles. The lowest BCUT2D eigenvalue weighted by atomic mass is 10.2. The van der Waals surface area contributed by atoms with E-state index in [1.807, 2.05) is 6.07 Å². The molecule has 0 aliphatic heterocycles. The number of hydrogen-bond donors (Lipinski definition) is 1. The van der Waals surface area contributed by atoms with E-state index in [1.165, 1.54) is 0 Å². The van der Waals surface area contributed by atoms with E-state index in [0.717, 1.165) is 0 Å². The fourth-order valence-corrected chi connectivity index (χ4v) is 1.35. The SMILES string of the molecule is N#Cc1c(Cl)cccc1OCCCC(=O)O. The summed E-state index contributed by atoms with van der Waals surface area (Å²) >= 11 is 5.80. The lowest BCUT2D eigenvalue weighted by Crippen LogP contribution is -2.03. The lowest BCUT2D eigenvalue weighted by Gasteiger charge is -2.07. The second-order valence-electron chi connectivity index (χ2n) is 3.07. The third-order valence-corrected chi connectivity index (χ3v) is 2.19. The molecular weight excluding hydrogens is 230 g/mol. The molecule has 5 heteroatoms. The van der Waals surface area contributed by atoms with Crippen molar-refractivity contribution in [2.75, 3.05) is 6.61 Å². The molecule has 0 aliphatic carbocycles. The van der Waals surface area contributed by atoms with Gasteiger partial charge in [-0.05, 0) is 18.6 Å². The van der Waals surface area contributed by atoms with E-state index in [2.05, 4.69) is 0 Å². The highest BCUT2D eigenvalue weighted by atomic mass is 35.5. The van der Waals surface area contributed by atoms with Gasteiger partial charge in [0.2, 0.25) is 0 Å². The van der Waals surface area contributed by atoms with E-state index in [1.54, 1.807) is 18.2 Å². The maximum absolute atomic E-state index is 10.3. The van der Waals surface area contributed by atoms with Crippen LogP contribution in [0.1, 0.15) is 18.4 Å². The van der Waals surface area contributed by atoms with Crippen LogP contribution in [0.4, 0.5) is 0 Å². The van der Waals surface area contributed by atoms with Crippen LogP contribution >= 0.6 is 11.6 Å². The fourth-order valence-electron chi connectivity index (χ4n) is 1.14. The van der Waals surface area contributed by atoms with Gasteiger partial charge in [0, 0.05) is 6.42 Å². The Morgan fingerprint density at radius 1 is 1.56 bits per heavy atom. The molecular formula is C11H10ClNO3. The van der Waals surface area contributed by atoms with Gasteiger partial charge in [-0.1, -0.05) is 17.7 Å². The van der Waals surface area contributed by atoms with Gasteiger partial charge in [0.25, 0.3) is 0 Å². The van der Waals surface area contributed by atoms with Gasteiger partial charge < -0.3 is 9.84 Å². The highest BCUT2D eigenvalue weighted by molar-refractivity contribution is 6.31. The van der Waals surface area contributed by atoms with Crippen LogP contribution in [0.15, 0.2) is 18.2 Å². The summed E-state index contributed by atoms with van der Waals surface area (Å²) < 4.78 is 5.29. The maximum atomic E-state index is 10.3. The Morgan fingerprint density at radius 3 is 2.94 bits per heavy atom. The largest absolute Gasteiger partial charge is 0.492 e. The topological polar surface area (TPSA) is 70.3 Å². The smallest absolute Gasteiger partial charge is 0.303 e. The molecule has 0 saturated carbocycles. The Bertz CT molecular complexity index is 426. The van der Waals surface area contributed by atoms with Gasteiger partial charge in [-0.2, -0.15) is 5.26 Å². The van der Waals surface area contributed by atoms with Gasteiger partial charge in [0.15, 0.2) is 0 Å². The van der Waals surface area contributed by atoms with E-state index in [-0.39, 0.29) is 18.6 Å². The van der Waals surface area contributed by atoms with Crippen molar-refractivity contribution in [3.8, 4) is 11.8 Å². The highest BCUT2D eigenvalue weighted by Gasteiger charge is 2.07. The summed E-state index contributed by atoms with van der Waals surface area (Å²) in [5.74, 6) is -0.476. The minimum Gasteiger partial charge on any atom is -0.492 e. The van der Waals surface area contributed by atoms with Crippen molar-refractivity contribution in [2.45, 2.75) is 12.8 Å². The Morgan fingerprint density at radius 2 is 2.31 bits per heavy atom. The van der Waals surface area contributed by atoms with Crippen LogP contribution in [0.3, 0.4) is 0 Å². The number of aliphatic carboxylic acids is 1. The molecule has 16 heavy (non-hydrogen) atoms. The van der Waals surface area contributed by atoms with Crippen LogP contribution in [0.25, 0.3) is 0 Å². The molecule has 0 amide bonds. The predicted octanol–water partition coefficient (Wildman–Crippen LogP) is 2.46. The zero-order chi connectivity index (χ0) is 12.0. The van der Waals surface area contributed by atoms with Crippen molar-refractivity contribution < 1.29 is 14.6 Å². The van der Waals surface area contributed by atoms with E-state index in [4.69, 9.17) is 26.7 Å². The molecule has 0 spiro atoms. The molecule has 84 valence electrons. The Kier molecular flexibility index (Phi) is 4.62. The first-order valence-electron chi connectivity index (χ1n) is 4.68. The summed E-state index contributed by atoms with van der Waals surface area (Å²) in [5.41, 5.74) is 0.277. The van der Waals surface area contributed by atoms with Crippen LogP contribution in [0, 0.1) is 11.3 Å². The number of ether oxygens (including phenoxy) is 1. The number of carbonyl (C=O) groups is 1. The van der Waals surface area contributed by atoms with Gasteiger partial charge in [-0.3, -0.25) is 4.79 Å². The molecule has 0 unspecified atom stereocenters. The van der Waals surface area contributed by atoms with Gasteiger partial charge in [0.1, 0.15) is 17.4 Å². The number of rotatable bonds is 5. The lowest BCUT2D eigenvalue weighted by molar-refractivity contribution is -0.137. The predicted molar refractivity (Wildman–Crippen MR) is 58.5 cm³/mol.